The van der Waals surface area contributed by atoms with Crippen molar-refractivity contribution in [2.24, 2.45) is 0 Å². The van der Waals surface area contributed by atoms with Gasteiger partial charge in [0.2, 0.25) is 0 Å². The third-order valence-electron chi connectivity index (χ3n) is 3.26. The largest absolute Gasteiger partial charge is 0.353 e. The quantitative estimate of drug-likeness (QED) is 0.723. The molecule has 1 fully saturated rings. The number of benzene rings is 1. The number of ether oxygens (including phenoxy) is 2. The van der Waals surface area contributed by atoms with E-state index in [2.05, 4.69) is 35.2 Å². The van der Waals surface area contributed by atoms with Gasteiger partial charge >= 0.3 is 0 Å². The first-order chi connectivity index (χ1) is 8.78. The van der Waals surface area contributed by atoms with Crippen LogP contribution in [0.5, 0.6) is 0 Å². The van der Waals surface area contributed by atoms with Gasteiger partial charge in [0.15, 0.2) is 6.29 Å². The van der Waals surface area contributed by atoms with Crippen molar-refractivity contribution < 1.29 is 9.47 Å². The van der Waals surface area contributed by atoms with Crippen LogP contribution in [-0.4, -0.2) is 37.0 Å². The Balaban J connectivity index is 1.75. The SMILES string of the molecule is CCOC(C)O[C@H]1CCN(Cc2ccccc2)C1. The number of likely N-dealkylation sites (tertiary alicyclic amines) is 1. The van der Waals surface area contributed by atoms with Gasteiger partial charge < -0.3 is 9.47 Å². The summed E-state index contributed by atoms with van der Waals surface area (Å²) in [4.78, 5) is 2.44. The van der Waals surface area contributed by atoms with E-state index in [9.17, 15) is 0 Å². The van der Waals surface area contributed by atoms with Crippen LogP contribution in [0.4, 0.5) is 0 Å². The molecule has 3 heteroatoms. The predicted octanol–water partition coefficient (Wildman–Crippen LogP) is 2.66. The summed E-state index contributed by atoms with van der Waals surface area (Å²) < 4.78 is 11.3. The van der Waals surface area contributed by atoms with Gasteiger partial charge in [0.05, 0.1) is 6.10 Å². The standard InChI is InChI=1S/C15H23NO2/c1-3-17-13(2)18-15-9-10-16(12-15)11-14-7-5-4-6-8-14/h4-8,13,15H,3,9-12H2,1-2H3/t13?,15-/m0/s1. The molecule has 1 saturated heterocycles. The number of rotatable bonds is 6. The van der Waals surface area contributed by atoms with Crippen molar-refractivity contribution in [1.82, 2.24) is 4.90 Å². The Morgan fingerprint density at radius 1 is 1.33 bits per heavy atom. The molecule has 1 aliphatic heterocycles. The lowest BCUT2D eigenvalue weighted by molar-refractivity contribution is -0.153. The second-order valence-electron chi connectivity index (χ2n) is 4.79. The monoisotopic (exact) mass is 249 g/mol. The van der Waals surface area contributed by atoms with Gasteiger partial charge in [-0.1, -0.05) is 30.3 Å². The van der Waals surface area contributed by atoms with Gasteiger partial charge in [-0.15, -0.1) is 0 Å². The summed E-state index contributed by atoms with van der Waals surface area (Å²) in [6, 6.07) is 10.6. The summed E-state index contributed by atoms with van der Waals surface area (Å²) in [5.74, 6) is 0. The second-order valence-corrected chi connectivity index (χ2v) is 4.79. The van der Waals surface area contributed by atoms with E-state index < -0.39 is 0 Å². The Morgan fingerprint density at radius 2 is 2.11 bits per heavy atom. The van der Waals surface area contributed by atoms with E-state index in [1.807, 2.05) is 13.8 Å². The molecular formula is C15H23NO2. The molecule has 0 aliphatic carbocycles. The van der Waals surface area contributed by atoms with E-state index in [0.29, 0.717) is 12.7 Å². The lowest BCUT2D eigenvalue weighted by atomic mass is 10.2. The van der Waals surface area contributed by atoms with Crippen molar-refractivity contribution in [3.63, 3.8) is 0 Å². The lowest BCUT2D eigenvalue weighted by Gasteiger charge is -2.19. The topological polar surface area (TPSA) is 21.7 Å². The summed E-state index contributed by atoms with van der Waals surface area (Å²) in [6.45, 7) is 7.82. The zero-order valence-electron chi connectivity index (χ0n) is 11.3. The van der Waals surface area contributed by atoms with Crippen LogP contribution in [0.1, 0.15) is 25.8 Å². The molecule has 0 spiro atoms. The Morgan fingerprint density at radius 3 is 2.83 bits per heavy atom. The highest BCUT2D eigenvalue weighted by Gasteiger charge is 2.24. The van der Waals surface area contributed by atoms with E-state index in [-0.39, 0.29) is 6.29 Å². The smallest absolute Gasteiger partial charge is 0.155 e. The highest BCUT2D eigenvalue weighted by molar-refractivity contribution is 5.14. The van der Waals surface area contributed by atoms with Crippen LogP contribution in [0.3, 0.4) is 0 Å². The minimum absolute atomic E-state index is 0.0864. The maximum absolute atomic E-state index is 5.86. The molecule has 3 nitrogen and oxygen atoms in total. The van der Waals surface area contributed by atoms with E-state index in [1.165, 1.54) is 5.56 Å². The van der Waals surface area contributed by atoms with E-state index in [0.717, 1.165) is 26.1 Å². The molecule has 18 heavy (non-hydrogen) atoms. The van der Waals surface area contributed by atoms with Crippen LogP contribution in [0.25, 0.3) is 0 Å². The fourth-order valence-electron chi connectivity index (χ4n) is 2.44. The van der Waals surface area contributed by atoms with Crippen LogP contribution in [0.2, 0.25) is 0 Å². The predicted molar refractivity (Wildman–Crippen MR) is 72.3 cm³/mol. The fourth-order valence-corrected chi connectivity index (χ4v) is 2.44. The summed E-state index contributed by atoms with van der Waals surface area (Å²) in [5, 5.41) is 0. The van der Waals surface area contributed by atoms with Gasteiger partial charge in [-0.2, -0.15) is 0 Å². The molecular weight excluding hydrogens is 226 g/mol. The van der Waals surface area contributed by atoms with Crippen molar-refractivity contribution in [3.8, 4) is 0 Å². The van der Waals surface area contributed by atoms with Crippen molar-refractivity contribution in [3.05, 3.63) is 35.9 Å². The zero-order valence-corrected chi connectivity index (χ0v) is 11.3. The Hall–Kier alpha value is -0.900. The highest BCUT2D eigenvalue weighted by atomic mass is 16.7. The number of nitrogens with zero attached hydrogens (tertiary/aromatic N) is 1. The molecule has 0 radical (unpaired) electrons. The molecule has 1 aromatic carbocycles. The van der Waals surface area contributed by atoms with Crippen LogP contribution in [-0.2, 0) is 16.0 Å². The average Bonchev–Trinajstić information content (AvgIpc) is 2.78. The summed E-state index contributed by atoms with van der Waals surface area (Å²) >= 11 is 0. The average molecular weight is 249 g/mol. The molecule has 1 unspecified atom stereocenters. The molecule has 0 saturated carbocycles. The number of hydrogen-bond donors (Lipinski definition) is 0. The van der Waals surface area contributed by atoms with Crippen LogP contribution in [0.15, 0.2) is 30.3 Å². The van der Waals surface area contributed by atoms with Crippen molar-refractivity contribution in [2.75, 3.05) is 19.7 Å². The Bertz CT molecular complexity index is 342. The van der Waals surface area contributed by atoms with Crippen LogP contribution in [0, 0.1) is 0 Å². The van der Waals surface area contributed by atoms with Crippen molar-refractivity contribution in [2.45, 2.75) is 39.2 Å². The van der Waals surface area contributed by atoms with Gasteiger partial charge in [-0.25, -0.2) is 0 Å². The molecule has 2 atom stereocenters. The normalized spacial score (nSPS) is 22.2. The third-order valence-corrected chi connectivity index (χ3v) is 3.26. The van der Waals surface area contributed by atoms with Crippen molar-refractivity contribution in [1.29, 1.82) is 0 Å². The molecule has 0 N–H and O–H groups in total. The van der Waals surface area contributed by atoms with E-state index in [4.69, 9.17) is 9.47 Å². The molecule has 1 aliphatic rings. The molecule has 0 bridgehead atoms. The second kappa shape index (κ2) is 6.88. The summed E-state index contributed by atoms with van der Waals surface area (Å²) in [7, 11) is 0. The van der Waals surface area contributed by atoms with E-state index >= 15 is 0 Å². The maximum Gasteiger partial charge on any atom is 0.155 e. The minimum Gasteiger partial charge on any atom is -0.353 e. The Labute approximate surface area is 110 Å². The molecule has 0 aromatic heterocycles. The number of hydrogen-bond acceptors (Lipinski definition) is 3. The third kappa shape index (κ3) is 4.09. The molecule has 2 rings (SSSR count). The first kappa shape index (κ1) is 13.5. The highest BCUT2D eigenvalue weighted by Crippen LogP contribution is 2.17. The molecule has 100 valence electrons. The minimum atomic E-state index is -0.0864. The summed E-state index contributed by atoms with van der Waals surface area (Å²) in [6.07, 6.45) is 1.33. The first-order valence-corrected chi connectivity index (χ1v) is 6.81. The van der Waals surface area contributed by atoms with Gasteiger partial charge in [-0.05, 0) is 25.8 Å². The van der Waals surface area contributed by atoms with E-state index in [1.54, 1.807) is 0 Å². The van der Waals surface area contributed by atoms with Gasteiger partial charge in [0, 0.05) is 26.2 Å². The van der Waals surface area contributed by atoms with Gasteiger partial charge in [0.1, 0.15) is 0 Å². The Kier molecular flexibility index (Phi) is 5.17. The maximum atomic E-state index is 5.86. The summed E-state index contributed by atoms with van der Waals surface area (Å²) in [5.41, 5.74) is 1.37. The fraction of sp³-hybridized carbons (Fsp3) is 0.600. The lowest BCUT2D eigenvalue weighted by Crippen LogP contribution is -2.26. The first-order valence-electron chi connectivity index (χ1n) is 6.81. The van der Waals surface area contributed by atoms with Crippen LogP contribution >= 0.6 is 0 Å². The molecule has 0 amide bonds. The molecule has 1 heterocycles. The molecule has 1 aromatic rings. The van der Waals surface area contributed by atoms with Crippen LogP contribution < -0.4 is 0 Å². The van der Waals surface area contributed by atoms with Crippen molar-refractivity contribution >= 4 is 0 Å². The van der Waals surface area contributed by atoms with Gasteiger partial charge in [0.25, 0.3) is 0 Å². The zero-order chi connectivity index (χ0) is 12.8. The van der Waals surface area contributed by atoms with Gasteiger partial charge in [-0.3, -0.25) is 4.90 Å².